The van der Waals surface area contributed by atoms with Gasteiger partial charge >= 0.3 is 0 Å². The van der Waals surface area contributed by atoms with Gasteiger partial charge in [0.25, 0.3) is 0 Å². The van der Waals surface area contributed by atoms with Crippen LogP contribution in [0.15, 0.2) is 134 Å². The fourth-order valence-electron chi connectivity index (χ4n) is 6.63. The Bertz CT molecular complexity index is 2580. The number of benzene rings is 4. The Hall–Kier alpha value is -5.88. The third-order valence-corrected chi connectivity index (χ3v) is 9.01. The second-order valence-electron chi connectivity index (χ2n) is 12.0. The van der Waals surface area contributed by atoms with E-state index in [4.69, 9.17) is 19.9 Å². The Labute approximate surface area is 259 Å². The molecule has 0 aliphatic rings. The summed E-state index contributed by atoms with van der Waals surface area (Å²) >= 11 is 0. The summed E-state index contributed by atoms with van der Waals surface area (Å²) in [5, 5.41) is 0.991. The summed E-state index contributed by atoms with van der Waals surface area (Å²) in [6.45, 7) is 4.47. The Morgan fingerprint density at radius 2 is 1.33 bits per heavy atom. The van der Waals surface area contributed by atoms with Crippen LogP contribution in [-0.2, 0) is 5.41 Å². The highest BCUT2D eigenvalue weighted by atomic mass is 15.1. The minimum Gasteiger partial charge on any atom is -0.292 e. The van der Waals surface area contributed by atoms with E-state index < -0.39 is 5.41 Å². The van der Waals surface area contributed by atoms with E-state index in [0.29, 0.717) is 0 Å². The van der Waals surface area contributed by atoms with Crippen molar-refractivity contribution in [3.05, 3.63) is 145 Å². The molecule has 9 rings (SSSR count). The van der Waals surface area contributed by atoms with Crippen LogP contribution in [0.1, 0.15) is 25.1 Å². The van der Waals surface area contributed by atoms with Gasteiger partial charge in [-0.2, -0.15) is 0 Å². The zero-order valence-corrected chi connectivity index (χ0v) is 24.9. The van der Waals surface area contributed by atoms with Crippen LogP contribution in [0, 0.1) is 0 Å². The Morgan fingerprint density at radius 1 is 0.578 bits per heavy atom. The largest absolute Gasteiger partial charge is 0.292 e. The summed E-state index contributed by atoms with van der Waals surface area (Å²) in [5.41, 5.74) is 11.6. The first-order valence-corrected chi connectivity index (χ1v) is 15.2. The molecule has 0 aliphatic heterocycles. The fourth-order valence-corrected chi connectivity index (χ4v) is 6.63. The summed E-state index contributed by atoms with van der Waals surface area (Å²) in [6.07, 6.45) is 1.84. The van der Waals surface area contributed by atoms with E-state index in [1.807, 2.05) is 30.5 Å². The molecule has 9 aromatic rings. The van der Waals surface area contributed by atoms with Crippen molar-refractivity contribution in [3.8, 4) is 17.1 Å². The van der Waals surface area contributed by atoms with Gasteiger partial charge in [0.2, 0.25) is 0 Å². The van der Waals surface area contributed by atoms with Crippen LogP contribution in [0.25, 0.3) is 66.7 Å². The molecule has 5 aromatic heterocycles. The van der Waals surface area contributed by atoms with Crippen LogP contribution in [0.3, 0.4) is 0 Å². The summed E-state index contributed by atoms with van der Waals surface area (Å²) in [6, 6.07) is 44.1. The number of pyridine rings is 3. The maximum Gasteiger partial charge on any atom is 0.148 e. The molecule has 0 aliphatic carbocycles. The minimum absolute atomic E-state index is 0.402. The highest BCUT2D eigenvalue weighted by Crippen LogP contribution is 2.37. The van der Waals surface area contributed by atoms with E-state index in [-0.39, 0.29) is 0 Å². The first-order valence-electron chi connectivity index (χ1n) is 15.2. The van der Waals surface area contributed by atoms with Crippen LogP contribution in [0.4, 0.5) is 0 Å². The van der Waals surface area contributed by atoms with E-state index in [1.165, 1.54) is 0 Å². The van der Waals surface area contributed by atoms with Gasteiger partial charge in [0, 0.05) is 28.2 Å². The Balaban J connectivity index is 1.23. The topological polar surface area (TPSA) is 60.9 Å². The average Bonchev–Trinajstić information content (AvgIpc) is 3.68. The maximum absolute atomic E-state index is 5.36. The number of rotatable bonds is 4. The molecule has 6 nitrogen and oxygen atoms in total. The van der Waals surface area contributed by atoms with Gasteiger partial charge in [-0.1, -0.05) is 74.5 Å². The summed E-state index contributed by atoms with van der Waals surface area (Å²) in [4.78, 5) is 20.3. The van der Waals surface area contributed by atoms with Crippen LogP contribution in [-0.4, -0.2) is 28.9 Å². The number of hydrogen-bond acceptors (Lipinski definition) is 4. The quantitative estimate of drug-likeness (QED) is 0.195. The van der Waals surface area contributed by atoms with Crippen molar-refractivity contribution in [1.82, 2.24) is 28.9 Å². The molecule has 0 fully saturated rings. The zero-order valence-electron chi connectivity index (χ0n) is 24.9. The highest BCUT2D eigenvalue weighted by molar-refractivity contribution is 6.10. The SMILES string of the molecule is CC(C)(c1cccc(-c2nc3ccccc3n2-c2ccccc2)c1)c1ccc2c(n1)c1ncccc1c1nc3ccccc3n21. The first-order chi connectivity index (χ1) is 22.1. The van der Waals surface area contributed by atoms with Crippen LogP contribution in [0.5, 0.6) is 0 Å². The molecule has 0 saturated heterocycles. The fraction of sp³-hybridized carbons (Fsp3) is 0.0769. The Kier molecular flexibility index (Phi) is 5.44. The predicted octanol–water partition coefficient (Wildman–Crippen LogP) is 8.92. The van der Waals surface area contributed by atoms with Crippen molar-refractivity contribution in [2.75, 3.05) is 0 Å². The molecule has 45 heavy (non-hydrogen) atoms. The summed E-state index contributed by atoms with van der Waals surface area (Å²) in [7, 11) is 0. The van der Waals surface area contributed by atoms with E-state index in [0.717, 1.165) is 78.0 Å². The monoisotopic (exact) mass is 580 g/mol. The molecule has 6 heteroatoms. The van der Waals surface area contributed by atoms with Crippen molar-refractivity contribution in [2.45, 2.75) is 19.3 Å². The summed E-state index contributed by atoms with van der Waals surface area (Å²) in [5.74, 6) is 0.913. The second-order valence-corrected chi connectivity index (χ2v) is 12.0. The number of fused-ring (bicyclic) bond motifs is 9. The first kappa shape index (κ1) is 25.6. The highest BCUT2D eigenvalue weighted by Gasteiger charge is 2.27. The Morgan fingerprint density at radius 3 is 2.18 bits per heavy atom. The second kappa shape index (κ2) is 9.56. The van der Waals surface area contributed by atoms with Crippen molar-refractivity contribution in [3.63, 3.8) is 0 Å². The van der Waals surface area contributed by atoms with Gasteiger partial charge in [-0.15, -0.1) is 0 Å². The molecular weight excluding hydrogens is 552 g/mol. The van der Waals surface area contributed by atoms with Gasteiger partial charge in [0.1, 0.15) is 22.5 Å². The minimum atomic E-state index is -0.402. The molecule has 214 valence electrons. The molecule has 0 saturated carbocycles. The predicted molar refractivity (Wildman–Crippen MR) is 182 cm³/mol. The van der Waals surface area contributed by atoms with Gasteiger partial charge in [-0.25, -0.2) is 15.0 Å². The summed E-state index contributed by atoms with van der Waals surface area (Å²) < 4.78 is 4.46. The number of nitrogens with zero attached hydrogens (tertiary/aromatic N) is 6. The van der Waals surface area contributed by atoms with E-state index in [2.05, 4.69) is 126 Å². The standard InChI is InChI=1S/C39H28N6/c1-39(2,26-13-10-12-25(24-26)37-41-29-17-6-8-19-31(29)44(37)27-14-4-3-5-15-27)34-22-21-33-36(43-34)35-28(16-11-23-40-35)38-42-30-18-7-9-20-32(30)45(33)38/h3-24H,1-2H3. The van der Waals surface area contributed by atoms with Crippen molar-refractivity contribution < 1.29 is 0 Å². The smallest absolute Gasteiger partial charge is 0.148 e. The van der Waals surface area contributed by atoms with E-state index >= 15 is 0 Å². The average molecular weight is 581 g/mol. The number of imidazole rings is 2. The third-order valence-electron chi connectivity index (χ3n) is 9.01. The normalized spacial score (nSPS) is 12.2. The van der Waals surface area contributed by atoms with Gasteiger partial charge in [-0.05, 0) is 72.3 Å². The lowest BCUT2D eigenvalue weighted by Gasteiger charge is -2.26. The van der Waals surface area contributed by atoms with Gasteiger partial charge in [0.05, 0.1) is 33.3 Å². The molecular formula is C39H28N6. The van der Waals surface area contributed by atoms with Crippen LogP contribution >= 0.6 is 0 Å². The number of para-hydroxylation sites is 5. The molecule has 0 N–H and O–H groups in total. The number of aromatic nitrogens is 6. The van der Waals surface area contributed by atoms with Crippen LogP contribution in [0.2, 0.25) is 0 Å². The maximum atomic E-state index is 5.36. The third kappa shape index (κ3) is 3.82. The molecule has 5 heterocycles. The van der Waals surface area contributed by atoms with Gasteiger partial charge < -0.3 is 0 Å². The lowest BCUT2D eigenvalue weighted by Crippen LogP contribution is -2.21. The molecule has 0 radical (unpaired) electrons. The number of hydrogen-bond donors (Lipinski definition) is 0. The lowest BCUT2D eigenvalue weighted by molar-refractivity contribution is 0.620. The van der Waals surface area contributed by atoms with Crippen molar-refractivity contribution in [2.24, 2.45) is 0 Å². The van der Waals surface area contributed by atoms with Gasteiger partial charge in [0.15, 0.2) is 0 Å². The molecule has 4 aromatic carbocycles. The van der Waals surface area contributed by atoms with E-state index in [9.17, 15) is 0 Å². The molecule has 0 unspecified atom stereocenters. The molecule has 0 bridgehead atoms. The van der Waals surface area contributed by atoms with E-state index in [1.54, 1.807) is 0 Å². The van der Waals surface area contributed by atoms with Crippen molar-refractivity contribution in [1.29, 1.82) is 0 Å². The molecule has 0 spiro atoms. The molecule has 0 atom stereocenters. The van der Waals surface area contributed by atoms with Crippen molar-refractivity contribution >= 4 is 49.7 Å². The molecule has 0 amide bonds. The lowest BCUT2D eigenvalue weighted by atomic mass is 9.80. The van der Waals surface area contributed by atoms with Gasteiger partial charge in [-0.3, -0.25) is 14.0 Å². The zero-order chi connectivity index (χ0) is 30.1. The van der Waals surface area contributed by atoms with Crippen LogP contribution < -0.4 is 0 Å².